The Hall–Kier alpha value is -0.660. The van der Waals surface area contributed by atoms with E-state index in [0.717, 1.165) is 26.2 Å². The monoisotopic (exact) mass is 289 g/mol. The van der Waals surface area contributed by atoms with Crippen molar-refractivity contribution in [3.05, 3.63) is 0 Å². The summed E-state index contributed by atoms with van der Waals surface area (Å²) < 4.78 is 23.1. The average molecular weight is 289 g/mol. The highest BCUT2D eigenvalue weighted by atomic mass is 32.2. The van der Waals surface area contributed by atoms with E-state index in [1.54, 1.807) is 4.90 Å². The molecular weight excluding hydrogens is 266 g/mol. The molecule has 0 spiro atoms. The minimum atomic E-state index is -2.95. The first-order valence-corrected chi connectivity index (χ1v) is 8.76. The van der Waals surface area contributed by atoms with Crippen molar-refractivity contribution in [2.24, 2.45) is 0 Å². The number of carbonyl (C=O) groups is 1. The van der Waals surface area contributed by atoms with Crippen LogP contribution < -0.4 is 5.32 Å². The van der Waals surface area contributed by atoms with Gasteiger partial charge in [-0.05, 0) is 13.3 Å². The zero-order valence-electron chi connectivity index (χ0n) is 11.5. The molecule has 2 aliphatic heterocycles. The van der Waals surface area contributed by atoms with Gasteiger partial charge in [-0.1, -0.05) is 0 Å². The normalized spacial score (nSPS) is 26.7. The molecule has 6 nitrogen and oxygen atoms in total. The second kappa shape index (κ2) is 6.19. The fourth-order valence-corrected chi connectivity index (χ4v) is 3.92. The van der Waals surface area contributed by atoms with Gasteiger partial charge < -0.3 is 10.2 Å². The van der Waals surface area contributed by atoms with Crippen molar-refractivity contribution >= 4 is 15.7 Å². The van der Waals surface area contributed by atoms with Crippen molar-refractivity contribution in [1.29, 1.82) is 0 Å². The maximum absolute atomic E-state index is 12.4. The predicted molar refractivity (Wildman–Crippen MR) is 73.8 cm³/mol. The van der Waals surface area contributed by atoms with Crippen LogP contribution in [-0.4, -0.2) is 80.9 Å². The van der Waals surface area contributed by atoms with Gasteiger partial charge in [0.15, 0.2) is 9.84 Å². The van der Waals surface area contributed by atoms with Crippen LogP contribution in [0, 0.1) is 0 Å². The van der Waals surface area contributed by atoms with Gasteiger partial charge in [0.25, 0.3) is 0 Å². The summed E-state index contributed by atoms with van der Waals surface area (Å²) in [6.07, 6.45) is 0.558. The second-order valence-corrected chi connectivity index (χ2v) is 7.60. The van der Waals surface area contributed by atoms with Crippen molar-refractivity contribution in [1.82, 2.24) is 15.1 Å². The van der Waals surface area contributed by atoms with E-state index in [1.165, 1.54) is 0 Å². The van der Waals surface area contributed by atoms with Crippen LogP contribution in [0.15, 0.2) is 0 Å². The van der Waals surface area contributed by atoms with Crippen LogP contribution in [0.1, 0.15) is 13.3 Å². The maximum atomic E-state index is 12.4. The van der Waals surface area contributed by atoms with E-state index in [1.807, 2.05) is 6.92 Å². The average Bonchev–Trinajstić information content (AvgIpc) is 2.59. The fraction of sp³-hybridized carbons (Fsp3) is 0.917. The van der Waals surface area contributed by atoms with Gasteiger partial charge in [0.2, 0.25) is 5.91 Å². The molecule has 7 heteroatoms. The number of nitrogens with one attached hydrogen (secondary N) is 1. The molecule has 1 atom stereocenters. The summed E-state index contributed by atoms with van der Waals surface area (Å²) in [6.45, 7) is 6.40. The molecule has 110 valence electrons. The van der Waals surface area contributed by atoms with Crippen LogP contribution in [0.5, 0.6) is 0 Å². The van der Waals surface area contributed by atoms with Gasteiger partial charge in [-0.15, -0.1) is 0 Å². The van der Waals surface area contributed by atoms with E-state index in [9.17, 15) is 13.2 Å². The zero-order chi connectivity index (χ0) is 13.9. The molecule has 0 aliphatic carbocycles. The van der Waals surface area contributed by atoms with Gasteiger partial charge in [0.05, 0.1) is 17.5 Å². The number of nitrogens with zero attached hydrogens (tertiary/aromatic N) is 2. The molecule has 2 heterocycles. The van der Waals surface area contributed by atoms with Crippen molar-refractivity contribution in [2.45, 2.75) is 19.4 Å². The van der Waals surface area contributed by atoms with Crippen LogP contribution in [0.2, 0.25) is 0 Å². The SMILES string of the molecule is CC(C(=O)N1CCCS(=O)(=O)CC1)N1CCNCC1. The van der Waals surface area contributed by atoms with E-state index in [0.29, 0.717) is 19.5 Å². The molecule has 0 saturated carbocycles. The summed E-state index contributed by atoms with van der Waals surface area (Å²) in [5.74, 6) is 0.380. The zero-order valence-corrected chi connectivity index (χ0v) is 12.3. The lowest BCUT2D eigenvalue weighted by molar-refractivity contribution is -0.136. The van der Waals surface area contributed by atoms with Crippen LogP contribution in [-0.2, 0) is 14.6 Å². The second-order valence-electron chi connectivity index (χ2n) is 5.29. The van der Waals surface area contributed by atoms with E-state index in [2.05, 4.69) is 10.2 Å². The Kier molecular flexibility index (Phi) is 4.81. The van der Waals surface area contributed by atoms with Gasteiger partial charge in [-0.25, -0.2) is 8.42 Å². The standard InChI is InChI=1S/C12H23N3O3S/c1-11(14-6-3-13-4-7-14)12(16)15-5-2-9-19(17,18)10-8-15/h11,13H,2-10H2,1H3. The molecule has 0 bridgehead atoms. The van der Waals surface area contributed by atoms with Gasteiger partial charge in [-0.2, -0.15) is 0 Å². The Bertz CT molecular complexity index is 418. The molecule has 2 saturated heterocycles. The van der Waals surface area contributed by atoms with Crippen molar-refractivity contribution < 1.29 is 13.2 Å². The summed E-state index contributed by atoms with van der Waals surface area (Å²) in [5, 5.41) is 3.26. The van der Waals surface area contributed by atoms with Gasteiger partial charge in [0.1, 0.15) is 0 Å². The molecular formula is C12H23N3O3S. The highest BCUT2D eigenvalue weighted by Gasteiger charge is 2.29. The van der Waals surface area contributed by atoms with Crippen molar-refractivity contribution in [2.75, 3.05) is 50.8 Å². The third-order valence-corrected chi connectivity index (χ3v) is 5.64. The first-order valence-electron chi connectivity index (χ1n) is 6.93. The number of rotatable bonds is 2. The summed E-state index contributed by atoms with van der Waals surface area (Å²) in [6, 6.07) is -0.150. The lowest BCUT2D eigenvalue weighted by Gasteiger charge is -2.34. The third-order valence-electron chi connectivity index (χ3n) is 3.92. The van der Waals surface area contributed by atoms with Gasteiger partial charge in [-0.3, -0.25) is 9.69 Å². The summed E-state index contributed by atoms with van der Waals surface area (Å²) in [5.41, 5.74) is 0. The quantitative estimate of drug-likeness (QED) is 0.701. The molecule has 0 radical (unpaired) electrons. The van der Waals surface area contributed by atoms with Crippen molar-refractivity contribution in [3.63, 3.8) is 0 Å². The summed E-state index contributed by atoms with van der Waals surface area (Å²) >= 11 is 0. The number of sulfone groups is 1. The molecule has 1 amide bonds. The lowest BCUT2D eigenvalue weighted by atomic mass is 10.2. The first kappa shape index (κ1) is 14.7. The molecule has 2 aliphatic rings. The van der Waals surface area contributed by atoms with E-state index >= 15 is 0 Å². The molecule has 0 aromatic heterocycles. The number of hydrogen-bond donors (Lipinski definition) is 1. The van der Waals surface area contributed by atoms with Crippen molar-refractivity contribution in [3.8, 4) is 0 Å². The Labute approximate surface area is 115 Å². The molecule has 2 rings (SSSR count). The molecule has 0 aromatic rings. The van der Waals surface area contributed by atoms with E-state index in [-0.39, 0.29) is 23.5 Å². The van der Waals surface area contributed by atoms with Crippen LogP contribution in [0.4, 0.5) is 0 Å². The number of piperazine rings is 1. The molecule has 19 heavy (non-hydrogen) atoms. The molecule has 1 unspecified atom stereocenters. The highest BCUT2D eigenvalue weighted by Crippen LogP contribution is 2.10. The summed E-state index contributed by atoms with van der Waals surface area (Å²) in [4.78, 5) is 16.3. The minimum Gasteiger partial charge on any atom is -0.340 e. The Balaban J connectivity index is 1.94. The molecule has 0 aromatic carbocycles. The molecule has 2 fully saturated rings. The minimum absolute atomic E-state index is 0.0685. The Morgan fingerprint density at radius 2 is 1.79 bits per heavy atom. The Morgan fingerprint density at radius 3 is 2.47 bits per heavy atom. The first-order chi connectivity index (χ1) is 8.99. The smallest absolute Gasteiger partial charge is 0.239 e. The topological polar surface area (TPSA) is 69.7 Å². The largest absolute Gasteiger partial charge is 0.340 e. The number of hydrogen-bond acceptors (Lipinski definition) is 5. The van der Waals surface area contributed by atoms with Gasteiger partial charge >= 0.3 is 0 Å². The van der Waals surface area contributed by atoms with Crippen LogP contribution in [0.3, 0.4) is 0 Å². The Morgan fingerprint density at radius 1 is 1.11 bits per heavy atom. The molecule has 1 N–H and O–H groups in total. The predicted octanol–water partition coefficient (Wildman–Crippen LogP) is -1.07. The third kappa shape index (κ3) is 3.90. The van der Waals surface area contributed by atoms with E-state index < -0.39 is 9.84 Å². The summed E-state index contributed by atoms with van der Waals surface area (Å²) in [7, 11) is -2.95. The lowest BCUT2D eigenvalue weighted by Crippen LogP contribution is -2.53. The maximum Gasteiger partial charge on any atom is 0.239 e. The highest BCUT2D eigenvalue weighted by molar-refractivity contribution is 7.91. The van der Waals surface area contributed by atoms with Crippen LogP contribution in [0.25, 0.3) is 0 Å². The van der Waals surface area contributed by atoms with E-state index in [4.69, 9.17) is 0 Å². The number of amides is 1. The van der Waals surface area contributed by atoms with Crippen LogP contribution >= 0.6 is 0 Å². The number of carbonyl (C=O) groups excluding carboxylic acids is 1. The fourth-order valence-electron chi connectivity index (χ4n) is 2.65. The van der Waals surface area contributed by atoms with Gasteiger partial charge in [0, 0.05) is 39.3 Å².